The van der Waals surface area contributed by atoms with Crippen molar-refractivity contribution in [3.05, 3.63) is 21.4 Å². The van der Waals surface area contributed by atoms with E-state index in [0.29, 0.717) is 11.4 Å². The van der Waals surface area contributed by atoms with E-state index < -0.39 is 12.0 Å². The van der Waals surface area contributed by atoms with Crippen molar-refractivity contribution in [1.82, 2.24) is 4.98 Å². The van der Waals surface area contributed by atoms with Gasteiger partial charge in [0, 0.05) is 21.4 Å². The van der Waals surface area contributed by atoms with E-state index in [1.807, 2.05) is 0 Å². The summed E-state index contributed by atoms with van der Waals surface area (Å²) in [5.41, 5.74) is 11.8. The Kier molecular flexibility index (Phi) is 3.64. The molecule has 0 aliphatic rings. The Balaban J connectivity index is 2.93. The number of carboxylic acid groups (broad SMARTS) is 1. The van der Waals surface area contributed by atoms with Gasteiger partial charge in [0.15, 0.2) is 0 Å². The molecule has 0 aliphatic carbocycles. The van der Waals surface area contributed by atoms with Crippen LogP contribution in [0.4, 0.5) is 5.82 Å². The minimum Gasteiger partial charge on any atom is -0.481 e. The van der Waals surface area contributed by atoms with Crippen LogP contribution in [0.15, 0.2) is 12.3 Å². The monoisotopic (exact) mass is 307 g/mol. The molecule has 6 heteroatoms. The molecule has 1 heterocycles. The first-order chi connectivity index (χ1) is 6.50. The van der Waals surface area contributed by atoms with Crippen molar-refractivity contribution in [3.63, 3.8) is 0 Å². The number of rotatable bonds is 3. The molecule has 1 atom stereocenters. The predicted molar refractivity (Wildman–Crippen MR) is 60.5 cm³/mol. The van der Waals surface area contributed by atoms with Crippen molar-refractivity contribution in [3.8, 4) is 0 Å². The van der Waals surface area contributed by atoms with Gasteiger partial charge in [-0.05, 0) is 28.7 Å². The molecule has 0 unspecified atom stereocenters. The Hall–Kier alpha value is -0.890. The molecule has 76 valence electrons. The molecule has 0 bridgehead atoms. The maximum Gasteiger partial charge on any atom is 0.305 e. The second-order valence-corrected chi connectivity index (χ2v) is 4.08. The van der Waals surface area contributed by atoms with Crippen LogP contribution in [0.5, 0.6) is 0 Å². The quantitative estimate of drug-likeness (QED) is 0.715. The van der Waals surface area contributed by atoms with E-state index in [9.17, 15) is 4.79 Å². The second-order valence-electron chi connectivity index (χ2n) is 2.83. The molecule has 5 N–H and O–H groups in total. The third kappa shape index (κ3) is 2.81. The summed E-state index contributed by atoms with van der Waals surface area (Å²) >= 11 is 2.07. The number of carboxylic acids is 1. The number of nitrogen functional groups attached to an aromatic ring is 1. The molecule has 0 aliphatic heterocycles. The van der Waals surface area contributed by atoms with Crippen molar-refractivity contribution in [2.45, 2.75) is 12.5 Å². The van der Waals surface area contributed by atoms with Gasteiger partial charge in [0.1, 0.15) is 5.82 Å². The molecule has 0 saturated heterocycles. The minimum absolute atomic E-state index is 0.147. The zero-order valence-electron chi connectivity index (χ0n) is 7.27. The van der Waals surface area contributed by atoms with Crippen molar-refractivity contribution < 1.29 is 9.90 Å². The van der Waals surface area contributed by atoms with Gasteiger partial charge in [-0.2, -0.15) is 0 Å². The Morgan fingerprint density at radius 1 is 1.71 bits per heavy atom. The fourth-order valence-corrected chi connectivity index (χ4v) is 1.54. The summed E-state index contributed by atoms with van der Waals surface area (Å²) in [6, 6.07) is 1.14. The van der Waals surface area contributed by atoms with Crippen molar-refractivity contribution >= 4 is 34.4 Å². The number of hydrogen-bond acceptors (Lipinski definition) is 4. The van der Waals surface area contributed by atoms with Gasteiger partial charge in [-0.15, -0.1) is 0 Å². The Labute approximate surface area is 94.6 Å². The smallest absolute Gasteiger partial charge is 0.305 e. The van der Waals surface area contributed by atoms with E-state index in [0.717, 1.165) is 3.57 Å². The summed E-state index contributed by atoms with van der Waals surface area (Å²) in [5, 5.41) is 8.56. The van der Waals surface area contributed by atoms with Crippen LogP contribution < -0.4 is 11.5 Å². The van der Waals surface area contributed by atoms with E-state index in [1.54, 1.807) is 12.3 Å². The van der Waals surface area contributed by atoms with Crippen LogP contribution >= 0.6 is 22.6 Å². The standard InChI is InChI=1S/C8H10IN3O2/c9-4-1-5(8(11)12-3-4)6(10)2-7(13)14/h1,3,6H,2,10H2,(H2,11,12)(H,13,14)/t6-/m0/s1. The maximum atomic E-state index is 10.4. The first kappa shape index (κ1) is 11.2. The first-order valence-corrected chi connectivity index (χ1v) is 4.97. The minimum atomic E-state index is -0.948. The summed E-state index contributed by atoms with van der Waals surface area (Å²) < 4.78 is 0.882. The highest BCUT2D eigenvalue weighted by Crippen LogP contribution is 2.21. The number of nitrogens with two attached hydrogens (primary N) is 2. The number of hydrogen-bond donors (Lipinski definition) is 3. The Bertz CT molecular complexity index is 356. The fourth-order valence-electron chi connectivity index (χ4n) is 1.06. The molecule has 1 aromatic rings. The molecule has 0 spiro atoms. The normalized spacial score (nSPS) is 12.4. The number of halogens is 1. The van der Waals surface area contributed by atoms with Crippen LogP contribution in [0.2, 0.25) is 0 Å². The molecule has 0 radical (unpaired) electrons. The summed E-state index contributed by atoms with van der Waals surface area (Å²) in [6.07, 6.45) is 1.46. The van der Waals surface area contributed by atoms with Crippen LogP contribution in [0.3, 0.4) is 0 Å². The molecule has 14 heavy (non-hydrogen) atoms. The molecular formula is C8H10IN3O2. The number of aromatic nitrogens is 1. The van der Waals surface area contributed by atoms with Gasteiger partial charge in [-0.3, -0.25) is 4.79 Å². The van der Waals surface area contributed by atoms with E-state index >= 15 is 0 Å². The van der Waals surface area contributed by atoms with Crippen molar-refractivity contribution in [2.75, 3.05) is 5.73 Å². The summed E-state index contributed by atoms with van der Waals surface area (Å²) in [4.78, 5) is 14.3. The molecule has 0 amide bonds. The van der Waals surface area contributed by atoms with Gasteiger partial charge < -0.3 is 16.6 Å². The van der Waals surface area contributed by atoms with E-state index in [2.05, 4.69) is 27.6 Å². The SMILES string of the molecule is Nc1ncc(I)cc1[C@@H](N)CC(=O)O. The largest absolute Gasteiger partial charge is 0.481 e. The molecule has 5 nitrogen and oxygen atoms in total. The first-order valence-electron chi connectivity index (χ1n) is 3.89. The molecule has 1 aromatic heterocycles. The van der Waals surface area contributed by atoms with E-state index in [4.69, 9.17) is 16.6 Å². The third-order valence-corrected chi connectivity index (χ3v) is 2.30. The van der Waals surface area contributed by atoms with Crippen molar-refractivity contribution in [1.29, 1.82) is 0 Å². The van der Waals surface area contributed by atoms with Gasteiger partial charge in [-0.25, -0.2) is 4.98 Å². The van der Waals surface area contributed by atoms with Crippen LogP contribution in [0.1, 0.15) is 18.0 Å². The van der Waals surface area contributed by atoms with Gasteiger partial charge in [0.05, 0.1) is 6.42 Å². The topological polar surface area (TPSA) is 102 Å². The lowest BCUT2D eigenvalue weighted by molar-refractivity contribution is -0.137. The molecule has 0 saturated carbocycles. The lowest BCUT2D eigenvalue weighted by Crippen LogP contribution is -2.17. The zero-order chi connectivity index (χ0) is 10.7. The van der Waals surface area contributed by atoms with Gasteiger partial charge in [0.2, 0.25) is 0 Å². The summed E-state index contributed by atoms with van der Waals surface area (Å²) in [7, 11) is 0. The molecule has 0 aromatic carbocycles. The highest BCUT2D eigenvalue weighted by Gasteiger charge is 2.14. The lowest BCUT2D eigenvalue weighted by Gasteiger charge is -2.11. The molecule has 0 fully saturated rings. The van der Waals surface area contributed by atoms with Crippen LogP contribution in [-0.2, 0) is 4.79 Å². The average molecular weight is 307 g/mol. The number of nitrogens with zero attached hydrogens (tertiary/aromatic N) is 1. The van der Waals surface area contributed by atoms with Gasteiger partial charge in [-0.1, -0.05) is 0 Å². The van der Waals surface area contributed by atoms with Crippen LogP contribution in [0.25, 0.3) is 0 Å². The Morgan fingerprint density at radius 2 is 2.36 bits per heavy atom. The Morgan fingerprint density at radius 3 is 2.93 bits per heavy atom. The number of aliphatic carboxylic acids is 1. The van der Waals surface area contributed by atoms with Crippen LogP contribution in [0, 0.1) is 3.57 Å². The number of carbonyl (C=O) groups is 1. The highest BCUT2D eigenvalue weighted by atomic mass is 127. The second kappa shape index (κ2) is 4.56. The zero-order valence-corrected chi connectivity index (χ0v) is 9.43. The molecule has 1 rings (SSSR count). The summed E-state index contributed by atoms with van der Waals surface area (Å²) in [5.74, 6) is -0.657. The predicted octanol–water partition coefficient (Wildman–Crippen LogP) is 0.743. The molecular weight excluding hydrogens is 297 g/mol. The van der Waals surface area contributed by atoms with Crippen LogP contribution in [-0.4, -0.2) is 16.1 Å². The van der Waals surface area contributed by atoms with Gasteiger partial charge in [0.25, 0.3) is 0 Å². The average Bonchev–Trinajstić information content (AvgIpc) is 2.08. The summed E-state index contributed by atoms with van der Waals surface area (Å²) in [6.45, 7) is 0. The van der Waals surface area contributed by atoms with Crippen molar-refractivity contribution in [2.24, 2.45) is 5.73 Å². The van der Waals surface area contributed by atoms with E-state index in [-0.39, 0.29) is 6.42 Å². The number of anilines is 1. The van der Waals surface area contributed by atoms with E-state index in [1.165, 1.54) is 0 Å². The lowest BCUT2D eigenvalue weighted by atomic mass is 10.1. The fraction of sp³-hybridized carbons (Fsp3) is 0.250. The highest BCUT2D eigenvalue weighted by molar-refractivity contribution is 14.1. The maximum absolute atomic E-state index is 10.4. The number of pyridine rings is 1. The van der Waals surface area contributed by atoms with Gasteiger partial charge >= 0.3 is 5.97 Å². The third-order valence-electron chi connectivity index (χ3n) is 1.71.